The van der Waals surface area contributed by atoms with Crippen molar-refractivity contribution < 1.29 is 18.7 Å². The number of benzene rings is 1. The van der Waals surface area contributed by atoms with Crippen LogP contribution in [-0.2, 0) is 16.1 Å². The molecule has 0 saturated carbocycles. The molecule has 0 aliphatic heterocycles. The number of rotatable bonds is 6. The molecule has 24 heavy (non-hydrogen) atoms. The average molecular weight is 327 g/mol. The molecule has 0 spiro atoms. The van der Waals surface area contributed by atoms with Crippen LogP contribution in [0, 0.1) is 0 Å². The second-order valence-electron chi connectivity index (χ2n) is 4.74. The highest BCUT2D eigenvalue weighted by Gasteiger charge is 2.11. The third kappa shape index (κ3) is 3.83. The Labute approximate surface area is 136 Å². The number of amides is 1. The van der Waals surface area contributed by atoms with Gasteiger partial charge in [-0.2, -0.15) is 0 Å². The number of carbonyl (C=O) groups is 2. The zero-order chi connectivity index (χ0) is 16.8. The van der Waals surface area contributed by atoms with Crippen molar-refractivity contribution in [2.75, 3.05) is 6.61 Å². The fourth-order valence-corrected chi connectivity index (χ4v) is 1.92. The van der Waals surface area contributed by atoms with Crippen LogP contribution >= 0.6 is 0 Å². The Morgan fingerprint density at radius 2 is 2.17 bits per heavy atom. The molecular weight excluding hydrogens is 314 g/mol. The number of esters is 1. The maximum atomic E-state index is 12.0. The Morgan fingerprint density at radius 1 is 1.25 bits per heavy atom. The minimum atomic E-state index is -0.613. The Kier molecular flexibility index (Phi) is 4.61. The molecule has 1 aromatic carbocycles. The van der Waals surface area contributed by atoms with Crippen molar-refractivity contribution in [3.63, 3.8) is 0 Å². The van der Waals surface area contributed by atoms with E-state index in [1.165, 1.54) is 17.3 Å². The van der Waals surface area contributed by atoms with Gasteiger partial charge in [0.05, 0.1) is 24.1 Å². The van der Waals surface area contributed by atoms with E-state index in [9.17, 15) is 9.59 Å². The lowest BCUT2D eigenvalue weighted by atomic mass is 10.2. The van der Waals surface area contributed by atoms with E-state index >= 15 is 0 Å². The highest BCUT2D eigenvalue weighted by Crippen LogP contribution is 2.10. The minimum absolute atomic E-state index is 0.234. The lowest BCUT2D eigenvalue weighted by Gasteiger charge is -2.06. The predicted octanol–water partition coefficient (Wildman–Crippen LogP) is 0.728. The molecular formula is C15H13N5O4. The molecule has 0 atom stereocenters. The van der Waals surface area contributed by atoms with Gasteiger partial charge in [0.15, 0.2) is 6.61 Å². The van der Waals surface area contributed by atoms with E-state index in [-0.39, 0.29) is 13.2 Å². The van der Waals surface area contributed by atoms with Crippen molar-refractivity contribution in [2.24, 2.45) is 0 Å². The summed E-state index contributed by atoms with van der Waals surface area (Å²) in [6, 6.07) is 10.0. The molecule has 2 heterocycles. The maximum Gasteiger partial charge on any atom is 0.338 e. The van der Waals surface area contributed by atoms with Gasteiger partial charge in [-0.05, 0) is 40.8 Å². The van der Waals surface area contributed by atoms with Crippen LogP contribution in [0.15, 0.2) is 53.4 Å². The molecule has 1 amide bonds. The molecule has 0 aliphatic rings. The number of hydrogen-bond acceptors (Lipinski definition) is 7. The van der Waals surface area contributed by atoms with E-state index in [0.29, 0.717) is 17.0 Å². The van der Waals surface area contributed by atoms with E-state index < -0.39 is 11.9 Å². The van der Waals surface area contributed by atoms with E-state index in [2.05, 4.69) is 20.8 Å². The van der Waals surface area contributed by atoms with Gasteiger partial charge in [0.25, 0.3) is 5.91 Å². The zero-order valence-corrected chi connectivity index (χ0v) is 12.5. The number of tetrazole rings is 1. The first-order valence-corrected chi connectivity index (χ1v) is 7.02. The van der Waals surface area contributed by atoms with Crippen molar-refractivity contribution in [3.8, 4) is 5.69 Å². The first kappa shape index (κ1) is 15.4. The normalized spacial score (nSPS) is 10.3. The molecule has 9 heteroatoms. The van der Waals surface area contributed by atoms with Gasteiger partial charge in [0.2, 0.25) is 0 Å². The first-order chi connectivity index (χ1) is 11.7. The van der Waals surface area contributed by atoms with E-state index in [1.54, 1.807) is 36.4 Å². The van der Waals surface area contributed by atoms with E-state index in [0.717, 1.165) is 0 Å². The molecule has 9 nitrogen and oxygen atoms in total. The molecule has 0 aliphatic carbocycles. The van der Waals surface area contributed by atoms with E-state index in [4.69, 9.17) is 9.15 Å². The van der Waals surface area contributed by atoms with Gasteiger partial charge < -0.3 is 14.5 Å². The van der Waals surface area contributed by atoms with Gasteiger partial charge >= 0.3 is 5.97 Å². The summed E-state index contributed by atoms with van der Waals surface area (Å²) in [5, 5.41) is 13.4. The van der Waals surface area contributed by atoms with Crippen LogP contribution in [0.5, 0.6) is 0 Å². The molecule has 3 rings (SSSR count). The van der Waals surface area contributed by atoms with Gasteiger partial charge in [0.1, 0.15) is 12.1 Å². The number of furan rings is 1. The molecule has 0 unspecified atom stereocenters. The smallest absolute Gasteiger partial charge is 0.338 e. The number of hydrogen-bond donors (Lipinski definition) is 1. The fourth-order valence-electron chi connectivity index (χ4n) is 1.92. The van der Waals surface area contributed by atoms with Crippen LogP contribution in [0.1, 0.15) is 16.1 Å². The second-order valence-corrected chi connectivity index (χ2v) is 4.74. The van der Waals surface area contributed by atoms with Crippen LogP contribution in [-0.4, -0.2) is 38.7 Å². The first-order valence-electron chi connectivity index (χ1n) is 7.02. The number of ether oxygens (including phenoxy) is 1. The molecule has 0 fully saturated rings. The van der Waals surface area contributed by atoms with Gasteiger partial charge in [-0.3, -0.25) is 4.79 Å². The third-order valence-electron chi connectivity index (χ3n) is 3.07. The summed E-state index contributed by atoms with van der Waals surface area (Å²) in [6.45, 7) is -0.146. The fraction of sp³-hybridized carbons (Fsp3) is 0.133. The molecule has 0 radical (unpaired) electrons. The summed E-state index contributed by atoms with van der Waals surface area (Å²) in [5.74, 6) is -0.418. The summed E-state index contributed by atoms with van der Waals surface area (Å²) in [4.78, 5) is 23.7. The highest BCUT2D eigenvalue weighted by molar-refractivity contribution is 5.91. The lowest BCUT2D eigenvalue weighted by Crippen LogP contribution is -2.28. The lowest BCUT2D eigenvalue weighted by molar-refractivity contribution is -0.124. The molecule has 0 bridgehead atoms. The Hall–Kier alpha value is -3.49. The monoisotopic (exact) mass is 327 g/mol. The summed E-state index contributed by atoms with van der Waals surface area (Å²) >= 11 is 0. The minimum Gasteiger partial charge on any atom is -0.467 e. The Balaban J connectivity index is 1.53. The standard InChI is InChI=1S/C15H13N5O4/c21-14(16-8-13-5-2-6-23-13)9-24-15(22)11-3-1-4-12(7-11)20-10-17-18-19-20/h1-7,10H,8-9H2,(H,16,21). The van der Waals surface area contributed by atoms with Crippen molar-refractivity contribution in [3.05, 3.63) is 60.3 Å². The Morgan fingerprint density at radius 3 is 2.92 bits per heavy atom. The summed E-state index contributed by atoms with van der Waals surface area (Å²) < 4.78 is 11.5. The summed E-state index contributed by atoms with van der Waals surface area (Å²) in [6.07, 6.45) is 2.92. The SMILES string of the molecule is O=C(COC(=O)c1cccc(-n2cnnn2)c1)NCc1ccco1. The van der Waals surface area contributed by atoms with Gasteiger partial charge in [-0.1, -0.05) is 6.07 Å². The van der Waals surface area contributed by atoms with Crippen LogP contribution in [0.3, 0.4) is 0 Å². The van der Waals surface area contributed by atoms with Crippen LogP contribution in [0.25, 0.3) is 5.69 Å². The molecule has 122 valence electrons. The molecule has 0 saturated heterocycles. The Bertz CT molecular complexity index is 814. The molecule has 3 aromatic rings. The number of aromatic nitrogens is 4. The number of carbonyl (C=O) groups excluding carboxylic acids is 2. The largest absolute Gasteiger partial charge is 0.467 e. The van der Waals surface area contributed by atoms with Crippen LogP contribution in [0.4, 0.5) is 0 Å². The van der Waals surface area contributed by atoms with Crippen LogP contribution in [0.2, 0.25) is 0 Å². The number of nitrogens with one attached hydrogen (secondary N) is 1. The molecule has 2 aromatic heterocycles. The highest BCUT2D eigenvalue weighted by atomic mass is 16.5. The van der Waals surface area contributed by atoms with Crippen molar-refractivity contribution in [1.29, 1.82) is 0 Å². The quantitative estimate of drug-likeness (QED) is 0.664. The van der Waals surface area contributed by atoms with Crippen molar-refractivity contribution >= 4 is 11.9 Å². The van der Waals surface area contributed by atoms with Crippen molar-refractivity contribution in [2.45, 2.75) is 6.54 Å². The average Bonchev–Trinajstić information content (AvgIpc) is 3.31. The predicted molar refractivity (Wildman–Crippen MR) is 80.0 cm³/mol. The van der Waals surface area contributed by atoms with Gasteiger partial charge in [-0.25, -0.2) is 9.48 Å². The third-order valence-corrected chi connectivity index (χ3v) is 3.07. The summed E-state index contributed by atoms with van der Waals surface area (Å²) in [7, 11) is 0. The second kappa shape index (κ2) is 7.18. The molecule has 1 N–H and O–H groups in total. The maximum absolute atomic E-state index is 12.0. The topological polar surface area (TPSA) is 112 Å². The van der Waals surface area contributed by atoms with Gasteiger partial charge in [-0.15, -0.1) is 5.10 Å². The zero-order valence-electron chi connectivity index (χ0n) is 12.5. The van der Waals surface area contributed by atoms with Gasteiger partial charge in [0, 0.05) is 0 Å². The van der Waals surface area contributed by atoms with Crippen molar-refractivity contribution in [1.82, 2.24) is 25.5 Å². The van der Waals surface area contributed by atoms with Crippen LogP contribution < -0.4 is 5.32 Å². The van der Waals surface area contributed by atoms with E-state index in [1.807, 2.05) is 0 Å². The summed E-state index contributed by atoms with van der Waals surface area (Å²) in [5.41, 5.74) is 0.901. The number of nitrogens with zero attached hydrogens (tertiary/aromatic N) is 4.